The summed E-state index contributed by atoms with van der Waals surface area (Å²) in [4.78, 5) is 26.2. The van der Waals surface area contributed by atoms with E-state index in [1.165, 1.54) is 48.5 Å². The Morgan fingerprint density at radius 3 is 2.05 bits per heavy atom. The summed E-state index contributed by atoms with van der Waals surface area (Å²) in [6.07, 6.45) is -6.05. The Balaban J connectivity index is 1.48. The first-order valence-corrected chi connectivity index (χ1v) is 12.2. The molecule has 0 spiro atoms. The van der Waals surface area contributed by atoms with E-state index < -0.39 is 30.5 Å². The van der Waals surface area contributed by atoms with Gasteiger partial charge < -0.3 is 14.7 Å². The summed E-state index contributed by atoms with van der Waals surface area (Å²) in [6, 6.07) is 26.6. The molecule has 0 heterocycles. The van der Waals surface area contributed by atoms with E-state index in [-0.39, 0.29) is 17.7 Å². The van der Waals surface area contributed by atoms with Crippen LogP contribution in [-0.4, -0.2) is 34.4 Å². The van der Waals surface area contributed by atoms with Crippen molar-refractivity contribution < 1.29 is 32.6 Å². The molecule has 4 rings (SSSR count). The number of alkyl halides is 3. The van der Waals surface area contributed by atoms with Crippen LogP contribution in [0.25, 0.3) is 0 Å². The average Bonchev–Trinajstić information content (AvgIpc) is 2.93. The van der Waals surface area contributed by atoms with Crippen molar-refractivity contribution in [3.63, 3.8) is 0 Å². The SMILES string of the molecule is O=C(c1ccccc1)C(O)c1ccc(CN(CC(F)(F)F)C(=O)c2ccc(Oc3ccccc3Cl)cc2)cc1. The highest BCUT2D eigenvalue weighted by atomic mass is 35.5. The van der Waals surface area contributed by atoms with E-state index in [1.54, 1.807) is 54.6 Å². The number of hydrogen-bond acceptors (Lipinski definition) is 4. The topological polar surface area (TPSA) is 66.8 Å². The third-order valence-electron chi connectivity index (χ3n) is 5.80. The minimum atomic E-state index is -4.62. The summed E-state index contributed by atoms with van der Waals surface area (Å²) in [5, 5.41) is 10.8. The Morgan fingerprint density at radius 2 is 1.44 bits per heavy atom. The largest absolute Gasteiger partial charge is 0.456 e. The number of benzene rings is 4. The highest BCUT2D eigenvalue weighted by Crippen LogP contribution is 2.29. The second-order valence-corrected chi connectivity index (χ2v) is 9.11. The molecule has 0 saturated heterocycles. The van der Waals surface area contributed by atoms with Crippen molar-refractivity contribution in [3.8, 4) is 11.5 Å². The molecule has 5 nitrogen and oxygen atoms in total. The smallest absolute Gasteiger partial charge is 0.406 e. The van der Waals surface area contributed by atoms with Gasteiger partial charge in [0.05, 0.1) is 5.02 Å². The van der Waals surface area contributed by atoms with Gasteiger partial charge in [-0.15, -0.1) is 0 Å². The van der Waals surface area contributed by atoms with Crippen molar-refractivity contribution in [1.29, 1.82) is 0 Å². The quantitative estimate of drug-likeness (QED) is 0.222. The lowest BCUT2D eigenvalue weighted by Gasteiger charge is -2.24. The van der Waals surface area contributed by atoms with Gasteiger partial charge in [0.1, 0.15) is 24.1 Å². The van der Waals surface area contributed by atoms with Crippen LogP contribution in [0.2, 0.25) is 5.02 Å². The maximum absolute atomic E-state index is 13.4. The predicted octanol–water partition coefficient (Wildman–Crippen LogP) is 7.25. The summed E-state index contributed by atoms with van der Waals surface area (Å²) in [7, 11) is 0. The number of ketones is 1. The maximum Gasteiger partial charge on any atom is 0.406 e. The number of rotatable bonds is 9. The molecule has 0 aromatic heterocycles. The van der Waals surface area contributed by atoms with Crippen LogP contribution in [0.4, 0.5) is 13.2 Å². The molecule has 4 aromatic carbocycles. The second kappa shape index (κ2) is 12.1. The van der Waals surface area contributed by atoms with Gasteiger partial charge in [-0.05, 0) is 47.5 Å². The number of aliphatic hydroxyl groups excluding tert-OH is 1. The van der Waals surface area contributed by atoms with Gasteiger partial charge in [0.2, 0.25) is 0 Å². The molecule has 1 atom stereocenters. The monoisotopic (exact) mass is 553 g/mol. The molecule has 200 valence electrons. The normalized spacial score (nSPS) is 12.0. The molecule has 1 unspecified atom stereocenters. The number of ether oxygens (including phenoxy) is 1. The minimum absolute atomic E-state index is 0.0475. The summed E-state index contributed by atoms with van der Waals surface area (Å²) in [6.45, 7) is -1.79. The number of carbonyl (C=O) groups is 2. The van der Waals surface area contributed by atoms with Crippen LogP contribution < -0.4 is 4.74 Å². The Bertz CT molecular complexity index is 1430. The van der Waals surface area contributed by atoms with E-state index in [0.29, 0.717) is 32.5 Å². The fourth-order valence-corrected chi connectivity index (χ4v) is 4.03. The van der Waals surface area contributed by atoms with Gasteiger partial charge in [0.15, 0.2) is 5.78 Å². The first-order chi connectivity index (χ1) is 18.6. The first kappa shape index (κ1) is 27.9. The summed E-state index contributed by atoms with van der Waals surface area (Å²) in [5.41, 5.74) is 1.07. The Morgan fingerprint density at radius 1 is 0.821 bits per heavy atom. The van der Waals surface area contributed by atoms with Gasteiger partial charge in [-0.25, -0.2) is 0 Å². The summed E-state index contributed by atoms with van der Waals surface area (Å²) < 4.78 is 45.7. The van der Waals surface area contributed by atoms with Gasteiger partial charge in [0, 0.05) is 17.7 Å². The van der Waals surface area contributed by atoms with E-state index >= 15 is 0 Å². The molecule has 0 saturated carbocycles. The van der Waals surface area contributed by atoms with E-state index in [9.17, 15) is 27.9 Å². The molecule has 0 aliphatic rings. The molecular formula is C30H23ClF3NO4. The highest BCUT2D eigenvalue weighted by molar-refractivity contribution is 6.32. The Hall–Kier alpha value is -4.14. The van der Waals surface area contributed by atoms with Gasteiger partial charge in [-0.3, -0.25) is 9.59 Å². The fraction of sp³-hybridized carbons (Fsp3) is 0.133. The van der Waals surface area contributed by atoms with Crippen LogP contribution in [0.1, 0.15) is 37.9 Å². The molecule has 0 bridgehead atoms. The number of para-hydroxylation sites is 1. The lowest BCUT2D eigenvalue weighted by atomic mass is 9.99. The van der Waals surface area contributed by atoms with Crippen LogP contribution in [0.5, 0.6) is 11.5 Å². The van der Waals surface area contributed by atoms with E-state index in [0.717, 1.165) is 0 Å². The number of hydrogen-bond donors (Lipinski definition) is 1. The van der Waals surface area contributed by atoms with Crippen molar-refractivity contribution in [2.24, 2.45) is 0 Å². The zero-order valence-electron chi connectivity index (χ0n) is 20.4. The summed E-state index contributed by atoms with van der Waals surface area (Å²) in [5.74, 6) is -0.559. The van der Waals surface area contributed by atoms with Crippen molar-refractivity contribution in [1.82, 2.24) is 4.90 Å². The average molecular weight is 554 g/mol. The zero-order chi connectivity index (χ0) is 28.0. The lowest BCUT2D eigenvalue weighted by Crippen LogP contribution is -2.38. The molecule has 1 N–H and O–H groups in total. The predicted molar refractivity (Wildman–Crippen MR) is 141 cm³/mol. The Kier molecular flexibility index (Phi) is 8.69. The van der Waals surface area contributed by atoms with E-state index in [4.69, 9.17) is 16.3 Å². The first-order valence-electron chi connectivity index (χ1n) is 11.9. The molecule has 1 amide bonds. The number of nitrogens with zero attached hydrogens (tertiary/aromatic N) is 1. The lowest BCUT2D eigenvalue weighted by molar-refractivity contribution is -0.141. The van der Waals surface area contributed by atoms with Crippen LogP contribution in [-0.2, 0) is 6.54 Å². The third kappa shape index (κ3) is 7.46. The summed E-state index contributed by atoms with van der Waals surface area (Å²) >= 11 is 6.08. The highest BCUT2D eigenvalue weighted by Gasteiger charge is 2.33. The van der Waals surface area contributed by atoms with Crippen molar-refractivity contribution >= 4 is 23.3 Å². The molecule has 0 radical (unpaired) electrons. The maximum atomic E-state index is 13.4. The van der Waals surface area contributed by atoms with Crippen LogP contribution in [0, 0.1) is 0 Å². The molecule has 9 heteroatoms. The van der Waals surface area contributed by atoms with Crippen molar-refractivity contribution in [3.05, 3.63) is 130 Å². The molecule has 39 heavy (non-hydrogen) atoms. The molecule has 4 aromatic rings. The number of carbonyl (C=O) groups excluding carboxylic acids is 2. The third-order valence-corrected chi connectivity index (χ3v) is 6.11. The standard InChI is InChI=1S/C30H23ClF3NO4/c31-25-8-4-5-9-26(25)39-24-16-14-23(15-17-24)29(38)35(19-30(32,33)34)18-20-10-12-22(13-11-20)28(37)27(36)21-6-2-1-3-7-21/h1-17,28,37H,18-19H2. The number of halogens is 4. The van der Waals surface area contributed by atoms with Gasteiger partial charge in [-0.2, -0.15) is 13.2 Å². The fourth-order valence-electron chi connectivity index (χ4n) is 3.86. The van der Waals surface area contributed by atoms with E-state index in [1.807, 2.05) is 0 Å². The molecular weight excluding hydrogens is 531 g/mol. The Labute approximate surface area is 228 Å². The molecule has 0 aliphatic carbocycles. The van der Waals surface area contributed by atoms with Crippen molar-refractivity contribution in [2.75, 3.05) is 6.54 Å². The van der Waals surface area contributed by atoms with Gasteiger partial charge in [0.25, 0.3) is 5.91 Å². The van der Waals surface area contributed by atoms with Gasteiger partial charge >= 0.3 is 6.18 Å². The molecule has 0 aliphatic heterocycles. The van der Waals surface area contributed by atoms with Crippen LogP contribution in [0.3, 0.4) is 0 Å². The molecule has 0 fully saturated rings. The number of amides is 1. The van der Waals surface area contributed by atoms with E-state index in [2.05, 4.69) is 0 Å². The van der Waals surface area contributed by atoms with Gasteiger partial charge in [-0.1, -0.05) is 78.3 Å². The number of aliphatic hydroxyl groups is 1. The van der Waals surface area contributed by atoms with Crippen LogP contribution in [0.15, 0.2) is 103 Å². The minimum Gasteiger partial charge on any atom is -0.456 e. The van der Waals surface area contributed by atoms with Crippen molar-refractivity contribution in [2.45, 2.75) is 18.8 Å². The van der Waals surface area contributed by atoms with Crippen LogP contribution >= 0.6 is 11.6 Å². The second-order valence-electron chi connectivity index (χ2n) is 8.71. The number of Topliss-reactive ketones (excluding diaryl/α,β-unsaturated/α-hetero) is 1. The zero-order valence-corrected chi connectivity index (χ0v) is 21.2.